The van der Waals surface area contributed by atoms with E-state index in [1.807, 2.05) is 37.3 Å². The van der Waals surface area contributed by atoms with E-state index in [1.54, 1.807) is 25.5 Å². The van der Waals surface area contributed by atoms with E-state index in [0.717, 1.165) is 16.4 Å². The van der Waals surface area contributed by atoms with Gasteiger partial charge in [-0.2, -0.15) is 13.2 Å². The number of benzene rings is 2. The summed E-state index contributed by atoms with van der Waals surface area (Å²) in [6.45, 7) is 5.71. The molecule has 1 amide bonds. The molecule has 7 nitrogen and oxygen atoms in total. The molecule has 0 spiro atoms. The summed E-state index contributed by atoms with van der Waals surface area (Å²) in [4.78, 5) is 21.3. The van der Waals surface area contributed by atoms with Crippen molar-refractivity contribution in [3.63, 3.8) is 0 Å². The molecule has 0 radical (unpaired) electrons. The number of hydrogen-bond acceptors (Lipinski definition) is 6. The normalized spacial score (nSPS) is 11.1. The predicted molar refractivity (Wildman–Crippen MR) is 117 cm³/mol. The van der Waals surface area contributed by atoms with Crippen molar-refractivity contribution in [2.45, 2.75) is 19.6 Å². The highest BCUT2D eigenvalue weighted by Gasteiger charge is 2.40. The summed E-state index contributed by atoms with van der Waals surface area (Å²) < 4.78 is 53.7. The molecular weight excluding hydrogens is 448 g/mol. The molecular formula is C21H26F3N2O5P. The van der Waals surface area contributed by atoms with E-state index in [2.05, 4.69) is 10.1 Å². The summed E-state index contributed by atoms with van der Waals surface area (Å²) in [6.07, 6.45) is -4.85. The van der Waals surface area contributed by atoms with E-state index >= 15 is 0 Å². The summed E-state index contributed by atoms with van der Waals surface area (Å²) in [6, 6.07) is 12.8. The molecule has 0 heterocycles. The highest BCUT2D eigenvalue weighted by molar-refractivity contribution is 7.70. The highest BCUT2D eigenvalue weighted by Crippen LogP contribution is 2.34. The van der Waals surface area contributed by atoms with E-state index in [1.165, 1.54) is 0 Å². The van der Waals surface area contributed by atoms with Crippen LogP contribution in [0.4, 0.5) is 18.9 Å². The summed E-state index contributed by atoms with van der Waals surface area (Å²) in [5, 5.41) is 3.62. The van der Waals surface area contributed by atoms with Crippen LogP contribution in [0.3, 0.4) is 0 Å². The van der Waals surface area contributed by atoms with Crippen molar-refractivity contribution in [1.29, 1.82) is 0 Å². The number of nitrogens with two attached hydrogens (primary N) is 1. The monoisotopic (exact) mass is 474 g/mol. The fraction of sp³-hybridized carbons (Fsp3) is 0.333. The van der Waals surface area contributed by atoms with E-state index < -0.39 is 19.3 Å². The van der Waals surface area contributed by atoms with Crippen LogP contribution < -0.4 is 21.1 Å². The number of ether oxygens (including phenoxy) is 2. The molecule has 0 bridgehead atoms. The van der Waals surface area contributed by atoms with Crippen LogP contribution in [0.25, 0.3) is 0 Å². The fourth-order valence-electron chi connectivity index (χ4n) is 2.20. The molecule has 0 saturated carbocycles. The first-order valence-electron chi connectivity index (χ1n) is 9.29. The first-order chi connectivity index (χ1) is 14.7. The molecule has 0 atom stereocenters. The molecule has 0 fully saturated rings. The summed E-state index contributed by atoms with van der Waals surface area (Å²) in [5.74, 6) is -1.81. The number of esters is 1. The molecule has 2 aromatic carbocycles. The van der Waals surface area contributed by atoms with Gasteiger partial charge in [0.05, 0.1) is 7.11 Å². The lowest BCUT2D eigenvalue weighted by Crippen LogP contribution is -2.28. The minimum absolute atomic E-state index is 0.0697. The first-order valence-corrected chi connectivity index (χ1v) is 11.9. The molecule has 2 aromatic rings. The lowest BCUT2D eigenvalue weighted by atomic mass is 10.2. The number of carbonyl (C=O) groups excluding carboxylic acids is 2. The molecule has 0 aliphatic heterocycles. The first kappa shape index (κ1) is 27.0. The number of carbonyl (C=O) groups is 2. The van der Waals surface area contributed by atoms with Gasteiger partial charge in [0.2, 0.25) is 0 Å². The number of alkyl halides is 3. The Balaban J connectivity index is 0.000000547. The lowest BCUT2D eigenvalue weighted by Gasteiger charge is -2.10. The average Bonchev–Trinajstić information content (AvgIpc) is 2.72. The Morgan fingerprint density at radius 2 is 1.69 bits per heavy atom. The van der Waals surface area contributed by atoms with Gasteiger partial charge in [0.15, 0.2) is 6.61 Å². The third-order valence-electron chi connectivity index (χ3n) is 4.09. The van der Waals surface area contributed by atoms with Crippen LogP contribution >= 0.6 is 7.14 Å². The Hall–Kier alpha value is -3.00. The SMILES string of the molecule is COC(=O)C(F)(F)F.Cc1ccc(OCC(=O)NCc2ccc(P(C)(C)=O)cc2)cc1N. The van der Waals surface area contributed by atoms with Crippen LogP contribution in [0.15, 0.2) is 42.5 Å². The number of halogens is 3. The van der Waals surface area contributed by atoms with Crippen LogP contribution in [0.1, 0.15) is 11.1 Å². The van der Waals surface area contributed by atoms with Crippen molar-refractivity contribution in [3.8, 4) is 5.75 Å². The minimum atomic E-state index is -4.85. The maximum absolute atomic E-state index is 12.0. The Morgan fingerprint density at radius 1 is 1.09 bits per heavy atom. The van der Waals surface area contributed by atoms with Crippen LogP contribution in [0.5, 0.6) is 5.75 Å². The zero-order chi connectivity index (χ0) is 24.5. The van der Waals surface area contributed by atoms with Gasteiger partial charge in [0.1, 0.15) is 12.9 Å². The van der Waals surface area contributed by atoms with Crippen molar-refractivity contribution < 1.29 is 36.8 Å². The average molecular weight is 474 g/mol. The van der Waals surface area contributed by atoms with Gasteiger partial charge >= 0.3 is 12.1 Å². The third kappa shape index (κ3) is 9.43. The van der Waals surface area contributed by atoms with Crippen molar-refractivity contribution in [1.82, 2.24) is 5.32 Å². The molecule has 0 aliphatic carbocycles. The largest absolute Gasteiger partial charge is 0.490 e. The summed E-state index contributed by atoms with van der Waals surface area (Å²) in [7, 11) is -1.57. The van der Waals surface area contributed by atoms with Crippen molar-refractivity contribution in [3.05, 3.63) is 53.6 Å². The predicted octanol–water partition coefficient (Wildman–Crippen LogP) is 3.24. The number of rotatable bonds is 6. The van der Waals surface area contributed by atoms with Gasteiger partial charge in [-0.05, 0) is 37.4 Å². The number of nitrogen functional groups attached to an aromatic ring is 1. The van der Waals surface area contributed by atoms with Crippen molar-refractivity contribution in [2.75, 3.05) is 32.8 Å². The van der Waals surface area contributed by atoms with Gasteiger partial charge in [-0.3, -0.25) is 4.79 Å². The number of aryl methyl sites for hydroxylation is 1. The Bertz CT molecular complexity index is 972. The van der Waals surface area contributed by atoms with E-state index in [-0.39, 0.29) is 12.5 Å². The topological polar surface area (TPSA) is 108 Å². The number of nitrogens with one attached hydrogen (secondary N) is 1. The molecule has 32 heavy (non-hydrogen) atoms. The van der Waals surface area contributed by atoms with Gasteiger partial charge in [0, 0.05) is 23.6 Å². The summed E-state index contributed by atoms with van der Waals surface area (Å²) in [5.41, 5.74) is 8.36. The van der Waals surface area contributed by atoms with Crippen LogP contribution in [-0.2, 0) is 25.4 Å². The van der Waals surface area contributed by atoms with Gasteiger partial charge < -0.3 is 25.1 Å². The zero-order valence-corrected chi connectivity index (χ0v) is 19.0. The van der Waals surface area contributed by atoms with Gasteiger partial charge in [0.25, 0.3) is 5.91 Å². The quantitative estimate of drug-likeness (QED) is 0.378. The second-order valence-corrected chi connectivity index (χ2v) is 10.3. The highest BCUT2D eigenvalue weighted by atomic mass is 31.2. The van der Waals surface area contributed by atoms with Crippen molar-refractivity contribution >= 4 is 30.0 Å². The zero-order valence-electron chi connectivity index (χ0n) is 18.2. The van der Waals surface area contributed by atoms with Crippen LogP contribution in [0, 0.1) is 6.92 Å². The smallest absolute Gasteiger partial charge is 0.484 e. The minimum Gasteiger partial charge on any atom is -0.484 e. The van der Waals surface area contributed by atoms with Gasteiger partial charge in [-0.25, -0.2) is 4.79 Å². The third-order valence-corrected chi connectivity index (χ3v) is 5.63. The van der Waals surface area contributed by atoms with Gasteiger partial charge in [-0.1, -0.05) is 30.3 Å². The van der Waals surface area contributed by atoms with E-state index in [4.69, 9.17) is 10.5 Å². The van der Waals surface area contributed by atoms with Gasteiger partial charge in [-0.15, -0.1) is 0 Å². The number of methoxy groups -OCH3 is 1. The Labute approximate surface area is 184 Å². The molecule has 11 heteroatoms. The molecule has 0 unspecified atom stereocenters. The van der Waals surface area contributed by atoms with Crippen molar-refractivity contribution in [2.24, 2.45) is 0 Å². The number of hydrogen-bond donors (Lipinski definition) is 2. The second-order valence-electron chi connectivity index (χ2n) is 7.09. The lowest BCUT2D eigenvalue weighted by molar-refractivity contribution is -0.196. The van der Waals surface area contributed by atoms with Crippen LogP contribution in [-0.4, -0.2) is 45.1 Å². The Kier molecular flexibility index (Phi) is 9.78. The second kappa shape index (κ2) is 11.6. The number of anilines is 1. The Morgan fingerprint density at radius 3 is 2.12 bits per heavy atom. The van der Waals surface area contributed by atoms with E-state index in [0.29, 0.717) is 25.1 Å². The molecule has 2 rings (SSSR count). The maximum Gasteiger partial charge on any atom is 0.490 e. The standard InChI is InChI=1S/C18H23N2O3P.C3H3F3O2/c1-13-4-7-15(10-17(13)19)23-12-18(21)20-11-14-5-8-16(9-6-14)24(2,3)22;1-8-2(7)3(4,5)6/h4-10H,11-12,19H2,1-3H3,(H,20,21);1H3. The summed E-state index contributed by atoms with van der Waals surface area (Å²) >= 11 is 0. The molecule has 0 saturated heterocycles. The molecule has 0 aliphatic rings. The van der Waals surface area contributed by atoms with E-state index in [9.17, 15) is 27.3 Å². The molecule has 3 N–H and O–H groups in total. The molecule has 176 valence electrons. The fourth-order valence-corrected chi connectivity index (χ4v) is 3.06. The molecule has 0 aromatic heterocycles. The van der Waals surface area contributed by atoms with Crippen LogP contribution in [0.2, 0.25) is 0 Å². The number of amides is 1. The maximum atomic E-state index is 12.0.